The fourth-order valence-corrected chi connectivity index (χ4v) is 8.24. The Hall–Kier alpha value is -1.00. The molecule has 0 bridgehead atoms. The maximum atomic E-state index is 12.6. The van der Waals surface area contributed by atoms with E-state index in [1.54, 1.807) is 12.1 Å². The van der Waals surface area contributed by atoms with Crippen molar-refractivity contribution in [3.63, 3.8) is 0 Å². The first-order valence-electron chi connectivity index (χ1n) is 11.6. The van der Waals surface area contributed by atoms with Crippen LogP contribution in [0.4, 0.5) is 0 Å². The molecule has 8 heteroatoms. The molecule has 0 spiro atoms. The predicted molar refractivity (Wildman–Crippen MR) is 131 cm³/mol. The molecule has 0 fully saturated rings. The van der Waals surface area contributed by atoms with E-state index in [0.717, 1.165) is 10.8 Å². The molecule has 0 aliphatic carbocycles. The molecule has 0 aliphatic rings. The maximum Gasteiger partial charge on any atom is 0.335 e. The van der Waals surface area contributed by atoms with Crippen LogP contribution in [0.25, 0.3) is 10.8 Å². The third-order valence-corrected chi connectivity index (χ3v) is 10.3. The average molecular weight is 485 g/mol. The molecule has 0 aliphatic heterocycles. The second-order valence-electron chi connectivity index (χ2n) is 8.93. The highest BCUT2D eigenvalue weighted by atomic mass is 31.2. The summed E-state index contributed by atoms with van der Waals surface area (Å²) in [5.41, 5.74) is 1.25. The summed E-state index contributed by atoms with van der Waals surface area (Å²) < 4.78 is 25.2. The van der Waals surface area contributed by atoms with Gasteiger partial charge in [0.05, 0.1) is 10.3 Å². The summed E-state index contributed by atoms with van der Waals surface area (Å²) in [4.78, 5) is 41.2. The predicted octanol–water partition coefficient (Wildman–Crippen LogP) is 6.79. The van der Waals surface area contributed by atoms with Gasteiger partial charge in [-0.3, -0.25) is 9.13 Å². The minimum atomic E-state index is -4.42. The molecule has 0 amide bonds. The van der Waals surface area contributed by atoms with Crippen molar-refractivity contribution >= 4 is 26.0 Å². The molecular formula is C24H38O6P2. The number of benzene rings is 2. The average Bonchev–Trinajstić information content (AvgIpc) is 2.70. The molecular weight excluding hydrogens is 446 g/mol. The lowest BCUT2D eigenvalue weighted by molar-refractivity contribution is 0.303. The van der Waals surface area contributed by atoms with Gasteiger partial charge in [-0.25, -0.2) is 0 Å². The van der Waals surface area contributed by atoms with Crippen LogP contribution < -0.4 is 0 Å². The van der Waals surface area contributed by atoms with Crippen LogP contribution in [0.1, 0.15) is 90.2 Å². The highest BCUT2D eigenvalue weighted by Gasteiger charge is 2.48. The summed E-state index contributed by atoms with van der Waals surface area (Å²) >= 11 is 0. The summed E-state index contributed by atoms with van der Waals surface area (Å²) in [7, 11) is -8.84. The molecule has 0 radical (unpaired) electrons. The van der Waals surface area contributed by atoms with E-state index in [-0.39, 0.29) is 0 Å². The van der Waals surface area contributed by atoms with Gasteiger partial charge in [0.15, 0.2) is 0 Å². The lowest BCUT2D eigenvalue weighted by Crippen LogP contribution is -2.26. The molecule has 32 heavy (non-hydrogen) atoms. The molecule has 2 aromatic carbocycles. The third kappa shape index (κ3) is 5.06. The van der Waals surface area contributed by atoms with Crippen LogP contribution in [0.3, 0.4) is 0 Å². The topological polar surface area (TPSA) is 115 Å². The molecule has 0 saturated heterocycles. The monoisotopic (exact) mass is 484 g/mol. The molecule has 4 N–H and O–H groups in total. The first-order chi connectivity index (χ1) is 14.9. The summed E-state index contributed by atoms with van der Waals surface area (Å²) in [6.45, 7) is 7.71. The van der Waals surface area contributed by atoms with Crippen LogP contribution in [0.2, 0.25) is 0 Å². The Morgan fingerprint density at radius 3 is 1.09 bits per heavy atom. The Morgan fingerprint density at radius 1 is 0.594 bits per heavy atom. The zero-order valence-corrected chi connectivity index (χ0v) is 21.4. The molecule has 0 aromatic heterocycles. The zero-order chi connectivity index (χ0) is 24.2. The van der Waals surface area contributed by atoms with Gasteiger partial charge < -0.3 is 19.6 Å². The van der Waals surface area contributed by atoms with Gasteiger partial charge in [0.25, 0.3) is 0 Å². The Labute approximate surface area is 191 Å². The minimum Gasteiger partial charge on any atom is -0.324 e. The highest BCUT2D eigenvalue weighted by Crippen LogP contribution is 2.63. The smallest absolute Gasteiger partial charge is 0.324 e. The summed E-state index contributed by atoms with van der Waals surface area (Å²) in [5.74, 6) is 0. The van der Waals surface area contributed by atoms with Crippen molar-refractivity contribution in [3.05, 3.63) is 47.5 Å². The van der Waals surface area contributed by atoms with Gasteiger partial charge in [-0.15, -0.1) is 0 Å². The van der Waals surface area contributed by atoms with E-state index in [0.29, 0.717) is 62.5 Å². The standard InChI is InChI=1S/C24H38O6P2/c1-5-13-23(14-6-2,31(25,26)27)21-11-9-20-18-22(12-10-19(20)17-21)24(15-7-3,16-8-4)32(28,29)30/h9-12,17-18H,5-8,13-16H2,1-4H3,(H2,25,26,27)(H2,28,29,30). The van der Waals surface area contributed by atoms with Gasteiger partial charge in [0.1, 0.15) is 0 Å². The summed E-state index contributed by atoms with van der Waals surface area (Å²) in [6.07, 6.45) is 4.18. The maximum absolute atomic E-state index is 12.6. The SMILES string of the molecule is CCCC(CCC)(c1ccc2cc(C(CCC)(CCC)P(=O)(O)O)ccc2c1)P(=O)(O)O. The van der Waals surface area contributed by atoms with E-state index in [1.165, 1.54) is 0 Å². The van der Waals surface area contributed by atoms with Gasteiger partial charge in [0, 0.05) is 0 Å². The van der Waals surface area contributed by atoms with Crippen LogP contribution in [-0.4, -0.2) is 19.6 Å². The highest BCUT2D eigenvalue weighted by molar-refractivity contribution is 7.53. The van der Waals surface area contributed by atoms with Gasteiger partial charge in [-0.2, -0.15) is 0 Å². The van der Waals surface area contributed by atoms with Gasteiger partial charge >= 0.3 is 15.2 Å². The largest absolute Gasteiger partial charge is 0.335 e. The van der Waals surface area contributed by atoms with Crippen molar-refractivity contribution in [1.29, 1.82) is 0 Å². The van der Waals surface area contributed by atoms with E-state index in [4.69, 9.17) is 0 Å². The Kier molecular flexibility index (Phi) is 8.95. The van der Waals surface area contributed by atoms with E-state index in [1.807, 2.05) is 52.0 Å². The molecule has 6 nitrogen and oxygen atoms in total. The van der Waals surface area contributed by atoms with Crippen molar-refractivity contribution in [2.75, 3.05) is 0 Å². The van der Waals surface area contributed by atoms with Gasteiger partial charge in [-0.05, 0) is 59.7 Å². The van der Waals surface area contributed by atoms with Crippen LogP contribution in [0, 0.1) is 0 Å². The second-order valence-corrected chi connectivity index (χ2v) is 12.8. The van der Waals surface area contributed by atoms with Crippen molar-refractivity contribution in [3.8, 4) is 0 Å². The van der Waals surface area contributed by atoms with E-state index < -0.39 is 25.5 Å². The normalized spacial score (nSPS) is 13.6. The van der Waals surface area contributed by atoms with Crippen LogP contribution in [0.15, 0.2) is 36.4 Å². The number of hydrogen-bond acceptors (Lipinski definition) is 2. The molecule has 0 heterocycles. The fraction of sp³-hybridized carbons (Fsp3) is 0.583. The molecule has 0 unspecified atom stereocenters. The summed E-state index contributed by atoms with van der Waals surface area (Å²) in [5, 5.41) is -0.819. The molecule has 0 atom stereocenters. The van der Waals surface area contributed by atoms with E-state index in [2.05, 4.69) is 0 Å². The first kappa shape index (κ1) is 27.2. The molecule has 2 aromatic rings. The Bertz CT molecular complexity index is 913. The molecule has 2 rings (SSSR count). The summed E-state index contributed by atoms with van der Waals surface area (Å²) in [6, 6.07) is 10.9. The molecule has 180 valence electrons. The van der Waals surface area contributed by atoms with Crippen LogP contribution in [0.5, 0.6) is 0 Å². The number of rotatable bonds is 12. The zero-order valence-electron chi connectivity index (χ0n) is 19.6. The minimum absolute atomic E-state index is 0.392. The van der Waals surface area contributed by atoms with Crippen LogP contribution in [-0.2, 0) is 19.4 Å². The lowest BCUT2D eigenvalue weighted by atomic mass is 9.85. The Morgan fingerprint density at radius 2 is 0.875 bits per heavy atom. The third-order valence-electron chi connectivity index (χ3n) is 6.68. The Balaban J connectivity index is 2.70. The van der Waals surface area contributed by atoms with Crippen molar-refractivity contribution in [2.24, 2.45) is 0 Å². The van der Waals surface area contributed by atoms with Crippen LogP contribution >= 0.6 is 15.2 Å². The fourth-order valence-electron chi connectivity index (χ4n) is 5.23. The van der Waals surface area contributed by atoms with Gasteiger partial charge in [-0.1, -0.05) is 77.6 Å². The van der Waals surface area contributed by atoms with Crippen molar-refractivity contribution in [2.45, 2.75) is 89.4 Å². The lowest BCUT2D eigenvalue weighted by Gasteiger charge is -2.36. The van der Waals surface area contributed by atoms with E-state index >= 15 is 0 Å². The van der Waals surface area contributed by atoms with E-state index in [9.17, 15) is 28.7 Å². The van der Waals surface area contributed by atoms with Crippen molar-refractivity contribution in [1.82, 2.24) is 0 Å². The molecule has 0 saturated carbocycles. The number of hydrogen-bond donors (Lipinski definition) is 4. The number of fused-ring (bicyclic) bond motifs is 1. The van der Waals surface area contributed by atoms with Crippen molar-refractivity contribution < 1.29 is 28.7 Å². The first-order valence-corrected chi connectivity index (χ1v) is 14.8. The van der Waals surface area contributed by atoms with Gasteiger partial charge in [0.2, 0.25) is 0 Å². The quantitative estimate of drug-likeness (QED) is 0.247. The second kappa shape index (κ2) is 10.5.